The Balaban J connectivity index is 2.00. The first kappa shape index (κ1) is 17.4. The number of halogens is 1. The minimum Gasteiger partial charge on any atom is -0.353 e. The second-order valence-electron chi connectivity index (χ2n) is 5.39. The molecule has 1 aromatic carbocycles. The lowest BCUT2D eigenvalue weighted by atomic mass is 10.4. The third-order valence-corrected chi connectivity index (χ3v) is 7.42. The van der Waals surface area contributed by atoms with E-state index in [1.165, 1.54) is 4.31 Å². The first-order valence-electron chi connectivity index (χ1n) is 7.36. The van der Waals surface area contributed by atoms with Crippen molar-refractivity contribution in [2.45, 2.75) is 18.0 Å². The van der Waals surface area contributed by atoms with Crippen LogP contribution >= 0.6 is 27.3 Å². The molecule has 126 valence electrons. The predicted octanol–water partition coefficient (Wildman–Crippen LogP) is 4.24. The summed E-state index contributed by atoms with van der Waals surface area (Å²) in [6.07, 6.45) is 1.92. The Morgan fingerprint density at radius 3 is 2.50 bits per heavy atom. The summed E-state index contributed by atoms with van der Waals surface area (Å²) in [6.45, 7) is 0.678. The summed E-state index contributed by atoms with van der Waals surface area (Å²) in [5.74, 6) is 0. The van der Waals surface area contributed by atoms with Gasteiger partial charge in [0.15, 0.2) is 0 Å². The smallest absolute Gasteiger partial charge is 0.244 e. The third-order valence-electron chi connectivity index (χ3n) is 3.76. The van der Waals surface area contributed by atoms with Crippen LogP contribution in [0.15, 0.2) is 69.5 Å². The number of aryl methyl sites for hydroxylation is 1. The number of hydrogen-bond donors (Lipinski definition) is 0. The zero-order valence-corrected chi connectivity index (χ0v) is 16.3. The second kappa shape index (κ2) is 7.23. The average Bonchev–Trinajstić information content (AvgIpc) is 3.19. The molecule has 3 rings (SSSR count). The van der Waals surface area contributed by atoms with Crippen LogP contribution in [0, 0.1) is 0 Å². The van der Waals surface area contributed by atoms with Gasteiger partial charge < -0.3 is 4.57 Å². The van der Waals surface area contributed by atoms with Gasteiger partial charge in [0.1, 0.15) is 0 Å². The molecule has 0 unspecified atom stereocenters. The molecule has 24 heavy (non-hydrogen) atoms. The zero-order chi connectivity index (χ0) is 17.2. The number of nitrogens with zero attached hydrogens (tertiary/aromatic N) is 2. The SMILES string of the molecule is Cn1cccc1CN(Cc1cccs1)S(=O)(=O)c1ccccc1Br. The molecule has 0 saturated heterocycles. The molecule has 0 N–H and O–H groups in total. The largest absolute Gasteiger partial charge is 0.353 e. The van der Waals surface area contributed by atoms with Crippen LogP contribution in [-0.4, -0.2) is 17.3 Å². The van der Waals surface area contributed by atoms with Crippen LogP contribution < -0.4 is 0 Å². The van der Waals surface area contributed by atoms with Crippen molar-refractivity contribution >= 4 is 37.3 Å². The lowest BCUT2D eigenvalue weighted by molar-refractivity contribution is 0.395. The van der Waals surface area contributed by atoms with E-state index in [2.05, 4.69) is 15.9 Å². The molecular weight excluding hydrogens is 408 g/mol. The van der Waals surface area contributed by atoms with E-state index in [1.54, 1.807) is 29.5 Å². The molecule has 0 fully saturated rings. The summed E-state index contributed by atoms with van der Waals surface area (Å²) in [7, 11) is -1.70. The molecule has 0 bridgehead atoms. The van der Waals surface area contributed by atoms with E-state index < -0.39 is 10.0 Å². The van der Waals surface area contributed by atoms with Gasteiger partial charge in [-0.3, -0.25) is 0 Å². The van der Waals surface area contributed by atoms with Crippen molar-refractivity contribution in [1.82, 2.24) is 8.87 Å². The van der Waals surface area contributed by atoms with Gasteiger partial charge in [-0.05, 0) is 51.6 Å². The Kier molecular flexibility index (Phi) is 5.24. The highest BCUT2D eigenvalue weighted by Crippen LogP contribution is 2.28. The predicted molar refractivity (Wildman–Crippen MR) is 100 cm³/mol. The molecule has 4 nitrogen and oxygen atoms in total. The van der Waals surface area contributed by atoms with Crippen LogP contribution in [0.2, 0.25) is 0 Å². The normalized spacial score (nSPS) is 12.0. The lowest BCUT2D eigenvalue weighted by Gasteiger charge is -2.22. The summed E-state index contributed by atoms with van der Waals surface area (Å²) >= 11 is 4.92. The van der Waals surface area contributed by atoms with Crippen molar-refractivity contribution in [1.29, 1.82) is 0 Å². The van der Waals surface area contributed by atoms with Crippen molar-refractivity contribution in [2.24, 2.45) is 7.05 Å². The minimum absolute atomic E-state index is 0.288. The number of sulfonamides is 1. The molecule has 0 atom stereocenters. The van der Waals surface area contributed by atoms with Crippen LogP contribution in [0.3, 0.4) is 0 Å². The van der Waals surface area contributed by atoms with E-state index in [9.17, 15) is 8.42 Å². The van der Waals surface area contributed by atoms with Gasteiger partial charge in [0.2, 0.25) is 10.0 Å². The molecule has 0 spiro atoms. The number of hydrogen-bond acceptors (Lipinski definition) is 3. The van der Waals surface area contributed by atoms with Gasteiger partial charge in [0.05, 0.1) is 11.4 Å². The first-order chi connectivity index (χ1) is 11.5. The molecule has 3 aromatic rings. The van der Waals surface area contributed by atoms with Crippen molar-refractivity contribution < 1.29 is 8.42 Å². The van der Waals surface area contributed by atoms with E-state index in [0.717, 1.165) is 10.6 Å². The number of rotatable bonds is 6. The third kappa shape index (κ3) is 3.64. The Bertz CT molecular complexity index is 918. The fourth-order valence-corrected chi connectivity index (χ4v) is 5.59. The van der Waals surface area contributed by atoms with Crippen molar-refractivity contribution in [3.8, 4) is 0 Å². The molecule has 0 saturated carbocycles. The Morgan fingerprint density at radius 2 is 1.88 bits per heavy atom. The van der Waals surface area contributed by atoms with Crippen molar-refractivity contribution in [2.75, 3.05) is 0 Å². The summed E-state index contributed by atoms with van der Waals surface area (Å²) < 4.78 is 30.5. The van der Waals surface area contributed by atoms with E-state index in [-0.39, 0.29) is 4.90 Å². The van der Waals surface area contributed by atoms with E-state index in [0.29, 0.717) is 17.6 Å². The number of benzene rings is 1. The summed E-state index contributed by atoms with van der Waals surface area (Å²) in [4.78, 5) is 1.30. The van der Waals surface area contributed by atoms with E-state index >= 15 is 0 Å². The molecule has 0 aliphatic carbocycles. The van der Waals surface area contributed by atoms with Gasteiger partial charge in [-0.15, -0.1) is 11.3 Å². The van der Waals surface area contributed by atoms with Crippen LogP contribution in [0.1, 0.15) is 10.6 Å². The monoisotopic (exact) mass is 424 g/mol. The van der Waals surface area contributed by atoms with Gasteiger partial charge in [-0.25, -0.2) is 8.42 Å². The Labute approximate surface area is 154 Å². The van der Waals surface area contributed by atoms with Crippen LogP contribution in [0.25, 0.3) is 0 Å². The van der Waals surface area contributed by atoms with Crippen molar-refractivity contribution in [3.63, 3.8) is 0 Å². The van der Waals surface area contributed by atoms with Gasteiger partial charge in [0, 0.05) is 34.8 Å². The van der Waals surface area contributed by atoms with Gasteiger partial charge in [-0.1, -0.05) is 18.2 Å². The maximum absolute atomic E-state index is 13.2. The fraction of sp³-hybridized carbons (Fsp3) is 0.176. The zero-order valence-electron chi connectivity index (χ0n) is 13.1. The maximum Gasteiger partial charge on any atom is 0.244 e. The molecule has 0 radical (unpaired) electrons. The van der Waals surface area contributed by atoms with Gasteiger partial charge in [-0.2, -0.15) is 4.31 Å². The molecule has 7 heteroatoms. The topological polar surface area (TPSA) is 42.3 Å². The molecule has 0 aliphatic heterocycles. The minimum atomic E-state index is -3.62. The molecule has 0 aliphatic rings. The molecule has 2 aromatic heterocycles. The van der Waals surface area contributed by atoms with Gasteiger partial charge in [0.25, 0.3) is 0 Å². The fourth-order valence-electron chi connectivity index (χ4n) is 2.44. The summed E-state index contributed by atoms with van der Waals surface area (Å²) in [6, 6.07) is 14.7. The maximum atomic E-state index is 13.2. The Morgan fingerprint density at radius 1 is 1.08 bits per heavy atom. The van der Waals surface area contributed by atoms with E-state index in [1.807, 2.05) is 53.5 Å². The molecular formula is C17H17BrN2O2S2. The second-order valence-corrected chi connectivity index (χ2v) is 9.19. The number of aromatic nitrogens is 1. The molecule has 0 amide bonds. The standard InChI is InChI=1S/C17H17BrN2O2S2/c1-19-10-4-6-14(19)12-20(13-15-7-5-11-23-15)24(21,22)17-9-3-2-8-16(17)18/h2-11H,12-13H2,1H3. The van der Waals surface area contributed by atoms with Crippen molar-refractivity contribution in [3.05, 3.63) is 75.2 Å². The van der Waals surface area contributed by atoms with Gasteiger partial charge >= 0.3 is 0 Å². The average molecular weight is 425 g/mol. The summed E-state index contributed by atoms with van der Waals surface area (Å²) in [5.41, 5.74) is 0.946. The Hall–Kier alpha value is -1.41. The highest BCUT2D eigenvalue weighted by molar-refractivity contribution is 9.10. The lowest BCUT2D eigenvalue weighted by Crippen LogP contribution is -2.31. The molecule has 2 heterocycles. The van der Waals surface area contributed by atoms with Crippen LogP contribution in [0.5, 0.6) is 0 Å². The van der Waals surface area contributed by atoms with E-state index in [4.69, 9.17) is 0 Å². The van der Waals surface area contributed by atoms with Crippen LogP contribution in [-0.2, 0) is 30.2 Å². The summed E-state index contributed by atoms with van der Waals surface area (Å²) in [5, 5.41) is 1.96. The highest BCUT2D eigenvalue weighted by Gasteiger charge is 2.27. The first-order valence-corrected chi connectivity index (χ1v) is 10.5. The highest BCUT2D eigenvalue weighted by atomic mass is 79.9. The quantitative estimate of drug-likeness (QED) is 0.593. The number of thiophene rings is 1. The van der Waals surface area contributed by atoms with Crippen LogP contribution in [0.4, 0.5) is 0 Å².